The van der Waals surface area contributed by atoms with Gasteiger partial charge in [0.25, 0.3) is 0 Å². The Morgan fingerprint density at radius 1 is 1.19 bits per heavy atom. The molecule has 26 heavy (non-hydrogen) atoms. The first kappa shape index (κ1) is 16.6. The third-order valence-corrected chi connectivity index (χ3v) is 4.73. The number of rotatable bonds is 3. The molecule has 0 atom stereocenters. The number of aromatic nitrogens is 4. The summed E-state index contributed by atoms with van der Waals surface area (Å²) in [6.07, 6.45) is 10.9. The number of H-pyrrole nitrogens is 1. The van der Waals surface area contributed by atoms with Crippen LogP contribution in [0.2, 0.25) is 0 Å². The molecule has 0 bridgehead atoms. The Balaban J connectivity index is 1.78. The van der Waals surface area contributed by atoms with Crippen molar-refractivity contribution in [2.75, 3.05) is 0 Å². The Bertz CT molecular complexity index is 1020. The molecule has 3 aromatic rings. The van der Waals surface area contributed by atoms with Crippen molar-refractivity contribution >= 4 is 22.5 Å². The number of nitrogens with zero attached hydrogens (tertiary/aromatic N) is 3. The van der Waals surface area contributed by atoms with E-state index in [1.54, 1.807) is 12.4 Å². The summed E-state index contributed by atoms with van der Waals surface area (Å²) in [5.41, 5.74) is 5.40. The lowest BCUT2D eigenvalue weighted by atomic mass is 9.87. The maximum atomic E-state index is 12.7. The van der Waals surface area contributed by atoms with E-state index in [2.05, 4.69) is 27.1 Å². The van der Waals surface area contributed by atoms with Gasteiger partial charge < -0.3 is 4.98 Å². The molecule has 1 aliphatic rings. The van der Waals surface area contributed by atoms with Crippen molar-refractivity contribution < 1.29 is 4.79 Å². The average Bonchev–Trinajstić information content (AvgIpc) is 3.29. The second kappa shape index (κ2) is 6.16. The van der Waals surface area contributed by atoms with Crippen molar-refractivity contribution in [3.8, 4) is 11.3 Å². The summed E-state index contributed by atoms with van der Waals surface area (Å²) in [4.78, 5) is 29.5. The van der Waals surface area contributed by atoms with Crippen LogP contribution in [0.3, 0.4) is 0 Å². The van der Waals surface area contributed by atoms with Gasteiger partial charge in [0, 0.05) is 23.4 Å². The van der Waals surface area contributed by atoms with E-state index in [4.69, 9.17) is 4.98 Å². The maximum absolute atomic E-state index is 12.7. The Morgan fingerprint density at radius 2 is 2.04 bits per heavy atom. The summed E-state index contributed by atoms with van der Waals surface area (Å²) >= 11 is 0. The summed E-state index contributed by atoms with van der Waals surface area (Å²) in [5, 5.41) is 0. The zero-order valence-corrected chi connectivity index (χ0v) is 15.3. The average molecular weight is 346 g/mol. The molecule has 0 aliphatic heterocycles. The lowest BCUT2D eigenvalue weighted by Crippen LogP contribution is -2.20. The van der Waals surface area contributed by atoms with Crippen molar-refractivity contribution in [1.82, 2.24) is 19.9 Å². The van der Waals surface area contributed by atoms with Crippen LogP contribution in [0.5, 0.6) is 0 Å². The normalized spacial score (nSPS) is 14.7. The van der Waals surface area contributed by atoms with Crippen molar-refractivity contribution in [2.24, 2.45) is 5.41 Å². The van der Waals surface area contributed by atoms with Crippen LogP contribution in [0.25, 0.3) is 28.0 Å². The van der Waals surface area contributed by atoms with E-state index in [0.29, 0.717) is 16.7 Å². The lowest BCUT2D eigenvalue weighted by molar-refractivity contribution is 0.0860. The second-order valence-electron chi connectivity index (χ2n) is 7.79. The number of Topliss-reactive ketones (excluding diaryl/α,β-unsaturated/α-hetero) is 1. The number of hydrogen-bond acceptors (Lipinski definition) is 4. The maximum Gasteiger partial charge on any atom is 0.171 e. The number of aromatic amines is 1. The van der Waals surface area contributed by atoms with Gasteiger partial charge in [0.1, 0.15) is 5.52 Å². The highest BCUT2D eigenvalue weighted by Crippen LogP contribution is 2.30. The predicted molar refractivity (Wildman–Crippen MR) is 103 cm³/mol. The Hall–Kier alpha value is -2.82. The van der Waals surface area contributed by atoms with Crippen LogP contribution in [-0.4, -0.2) is 25.7 Å². The number of fused-ring (bicyclic) bond motifs is 1. The zero-order chi connectivity index (χ0) is 18.3. The molecule has 1 N–H and O–H groups in total. The third-order valence-electron chi connectivity index (χ3n) is 4.73. The fraction of sp³-hybridized carbons (Fsp3) is 0.333. The smallest absolute Gasteiger partial charge is 0.171 e. The minimum absolute atomic E-state index is 0.0572. The molecule has 1 aliphatic carbocycles. The number of allylic oxidation sites excluding steroid dienone is 2. The van der Waals surface area contributed by atoms with Gasteiger partial charge in [-0.05, 0) is 37.0 Å². The number of pyridine rings is 1. The van der Waals surface area contributed by atoms with E-state index >= 15 is 0 Å². The van der Waals surface area contributed by atoms with Crippen LogP contribution in [-0.2, 0) is 0 Å². The van der Waals surface area contributed by atoms with Gasteiger partial charge in [-0.25, -0.2) is 9.97 Å². The zero-order valence-electron chi connectivity index (χ0n) is 15.3. The summed E-state index contributed by atoms with van der Waals surface area (Å²) < 4.78 is 0. The van der Waals surface area contributed by atoms with Gasteiger partial charge in [-0.3, -0.25) is 9.78 Å². The van der Waals surface area contributed by atoms with Crippen molar-refractivity contribution in [2.45, 2.75) is 40.0 Å². The molecule has 0 saturated carbocycles. The first-order chi connectivity index (χ1) is 12.4. The monoisotopic (exact) mass is 346 g/mol. The largest absolute Gasteiger partial charge is 0.344 e. The molecule has 0 unspecified atom stereocenters. The molecule has 3 aromatic heterocycles. The SMILES string of the molecule is CC(C)(C)C(=O)c1c[nH]c2ncc(-c3ccnc(C4=CCCC4)c3)nc12. The van der Waals surface area contributed by atoms with E-state index < -0.39 is 5.41 Å². The molecule has 0 fully saturated rings. The minimum Gasteiger partial charge on any atom is -0.344 e. The van der Waals surface area contributed by atoms with Gasteiger partial charge in [0.15, 0.2) is 11.4 Å². The highest BCUT2D eigenvalue weighted by molar-refractivity contribution is 6.08. The standard InChI is InChI=1S/C21H22N4O/c1-21(2,3)19(26)15-11-23-20-18(15)25-17(12-24-20)14-8-9-22-16(10-14)13-6-4-5-7-13/h6,8-12H,4-5,7H2,1-3H3,(H,23,24). The van der Waals surface area contributed by atoms with E-state index in [-0.39, 0.29) is 5.78 Å². The topological polar surface area (TPSA) is 71.5 Å². The highest BCUT2D eigenvalue weighted by Gasteiger charge is 2.26. The van der Waals surface area contributed by atoms with Crippen molar-refractivity contribution in [3.63, 3.8) is 0 Å². The molecule has 3 heterocycles. The van der Waals surface area contributed by atoms with Crippen LogP contribution in [0.4, 0.5) is 0 Å². The molecule has 5 heteroatoms. The molecule has 0 saturated heterocycles. The Labute approximate surface area is 152 Å². The molecular weight excluding hydrogens is 324 g/mol. The van der Waals surface area contributed by atoms with Gasteiger partial charge in [-0.15, -0.1) is 0 Å². The first-order valence-corrected chi connectivity index (χ1v) is 8.98. The molecule has 4 rings (SSSR count). The summed E-state index contributed by atoms with van der Waals surface area (Å²) in [7, 11) is 0. The molecule has 5 nitrogen and oxygen atoms in total. The van der Waals surface area contributed by atoms with Crippen molar-refractivity contribution in [3.05, 3.63) is 48.1 Å². The van der Waals surface area contributed by atoms with Gasteiger partial charge >= 0.3 is 0 Å². The molecule has 0 spiro atoms. The predicted octanol–water partition coefficient (Wildman–Crippen LogP) is 4.82. The molecule has 0 amide bonds. The third kappa shape index (κ3) is 2.94. The molecule has 0 aromatic carbocycles. The highest BCUT2D eigenvalue weighted by atomic mass is 16.1. The van der Waals surface area contributed by atoms with Crippen LogP contribution >= 0.6 is 0 Å². The summed E-state index contributed by atoms with van der Waals surface area (Å²) in [5.74, 6) is 0.0572. The fourth-order valence-corrected chi connectivity index (χ4v) is 3.28. The van der Waals surface area contributed by atoms with Crippen LogP contribution < -0.4 is 0 Å². The number of carbonyl (C=O) groups excluding carboxylic acids is 1. The van der Waals surface area contributed by atoms with Crippen LogP contribution in [0.15, 0.2) is 36.8 Å². The summed E-state index contributed by atoms with van der Waals surface area (Å²) in [6.45, 7) is 5.74. The van der Waals surface area contributed by atoms with Crippen LogP contribution in [0, 0.1) is 5.41 Å². The first-order valence-electron chi connectivity index (χ1n) is 8.98. The quantitative estimate of drug-likeness (QED) is 0.690. The molecule has 132 valence electrons. The number of hydrogen-bond donors (Lipinski definition) is 1. The summed E-state index contributed by atoms with van der Waals surface area (Å²) in [6, 6.07) is 4.00. The number of ketones is 1. The van der Waals surface area contributed by atoms with E-state index in [1.807, 2.05) is 33.0 Å². The number of carbonyl (C=O) groups is 1. The molecular formula is C21H22N4O. The van der Waals surface area contributed by atoms with Crippen LogP contribution in [0.1, 0.15) is 56.1 Å². The van der Waals surface area contributed by atoms with E-state index in [1.165, 1.54) is 12.0 Å². The minimum atomic E-state index is -0.467. The lowest BCUT2D eigenvalue weighted by Gasteiger charge is -2.15. The van der Waals surface area contributed by atoms with E-state index in [9.17, 15) is 4.79 Å². The fourth-order valence-electron chi connectivity index (χ4n) is 3.28. The Kier molecular flexibility index (Phi) is 3.94. The Morgan fingerprint density at radius 3 is 2.77 bits per heavy atom. The van der Waals surface area contributed by atoms with Gasteiger partial charge in [-0.2, -0.15) is 0 Å². The van der Waals surface area contributed by atoms with Crippen molar-refractivity contribution in [1.29, 1.82) is 0 Å². The van der Waals surface area contributed by atoms with E-state index in [0.717, 1.165) is 29.8 Å². The number of nitrogens with one attached hydrogen (secondary N) is 1. The second-order valence-corrected chi connectivity index (χ2v) is 7.79. The van der Waals surface area contributed by atoms with Gasteiger partial charge in [0.2, 0.25) is 0 Å². The van der Waals surface area contributed by atoms with Gasteiger partial charge in [0.05, 0.1) is 23.1 Å². The van der Waals surface area contributed by atoms with Gasteiger partial charge in [-0.1, -0.05) is 26.8 Å². The molecule has 0 radical (unpaired) electrons.